The average Bonchev–Trinajstić information content (AvgIpc) is 2.25. The fourth-order valence-electron chi connectivity index (χ4n) is 1.81. The first kappa shape index (κ1) is 15.4. The Morgan fingerprint density at radius 3 is 2.50 bits per heavy atom. The van der Waals surface area contributed by atoms with Crippen molar-refractivity contribution in [2.24, 2.45) is 5.92 Å². The van der Waals surface area contributed by atoms with Crippen LogP contribution in [0.4, 0.5) is 4.39 Å². The highest BCUT2D eigenvalue weighted by Gasteiger charge is 2.14. The van der Waals surface area contributed by atoms with Crippen molar-refractivity contribution in [1.82, 2.24) is 10.2 Å². The van der Waals surface area contributed by atoms with E-state index in [1.165, 1.54) is 12.1 Å². The van der Waals surface area contributed by atoms with E-state index >= 15 is 0 Å². The molecule has 1 unspecified atom stereocenters. The minimum absolute atomic E-state index is 0.294. The molecule has 1 atom stereocenters. The quantitative estimate of drug-likeness (QED) is 0.856. The van der Waals surface area contributed by atoms with Gasteiger partial charge in [0.25, 0.3) is 0 Å². The molecule has 0 heterocycles. The van der Waals surface area contributed by atoms with Crippen LogP contribution in [0.15, 0.2) is 18.2 Å². The molecule has 0 spiro atoms. The lowest BCUT2D eigenvalue weighted by Crippen LogP contribution is -2.41. The largest absolute Gasteiger partial charge is 0.308 e. The summed E-state index contributed by atoms with van der Waals surface area (Å²) in [6.07, 6.45) is 0. The summed E-state index contributed by atoms with van der Waals surface area (Å²) in [7, 11) is 4.11. The van der Waals surface area contributed by atoms with Crippen molar-refractivity contribution in [3.05, 3.63) is 34.6 Å². The van der Waals surface area contributed by atoms with Gasteiger partial charge < -0.3 is 10.2 Å². The zero-order chi connectivity index (χ0) is 13.7. The van der Waals surface area contributed by atoms with Gasteiger partial charge in [0, 0.05) is 24.2 Å². The number of hydrogen-bond donors (Lipinski definition) is 1. The molecule has 1 aromatic carbocycles. The van der Waals surface area contributed by atoms with Crippen LogP contribution in [0.5, 0.6) is 0 Å². The van der Waals surface area contributed by atoms with Crippen LogP contribution in [-0.4, -0.2) is 31.6 Å². The summed E-state index contributed by atoms with van der Waals surface area (Å²) in [5.41, 5.74) is 0.933. The number of nitrogens with one attached hydrogen (secondary N) is 1. The second-order valence-corrected chi connectivity index (χ2v) is 5.64. The van der Waals surface area contributed by atoms with E-state index < -0.39 is 0 Å². The molecule has 0 radical (unpaired) electrons. The van der Waals surface area contributed by atoms with Gasteiger partial charge >= 0.3 is 0 Å². The van der Waals surface area contributed by atoms with Crippen LogP contribution in [-0.2, 0) is 6.54 Å². The van der Waals surface area contributed by atoms with Crippen molar-refractivity contribution in [1.29, 1.82) is 0 Å². The first-order chi connectivity index (χ1) is 8.40. The molecule has 1 rings (SSSR count). The molecule has 0 aromatic heterocycles. The Morgan fingerprint density at radius 2 is 2.00 bits per heavy atom. The van der Waals surface area contributed by atoms with Gasteiger partial charge in [0.2, 0.25) is 0 Å². The number of halogens is 2. The van der Waals surface area contributed by atoms with Crippen LogP contribution in [0, 0.1) is 11.7 Å². The Labute approximate surface area is 114 Å². The SMILES string of the molecule is CC(C)C(CN(C)C)NCc1ccc(F)cc1Cl. The number of rotatable bonds is 6. The number of likely N-dealkylation sites (N-methyl/N-ethyl adjacent to an activating group) is 1. The summed E-state index contributed by atoms with van der Waals surface area (Å²) in [6, 6.07) is 4.92. The van der Waals surface area contributed by atoms with E-state index in [1.54, 1.807) is 6.07 Å². The average molecular weight is 273 g/mol. The minimum atomic E-state index is -0.294. The smallest absolute Gasteiger partial charge is 0.124 e. The summed E-state index contributed by atoms with van der Waals surface area (Å²) >= 11 is 6.01. The van der Waals surface area contributed by atoms with Crippen LogP contribution in [0.1, 0.15) is 19.4 Å². The highest BCUT2D eigenvalue weighted by Crippen LogP contribution is 2.17. The van der Waals surface area contributed by atoms with Gasteiger partial charge in [0.15, 0.2) is 0 Å². The third kappa shape index (κ3) is 4.92. The van der Waals surface area contributed by atoms with Gasteiger partial charge in [0.05, 0.1) is 0 Å². The maximum Gasteiger partial charge on any atom is 0.124 e. The molecule has 0 aliphatic carbocycles. The van der Waals surface area contributed by atoms with Crippen molar-refractivity contribution in [2.75, 3.05) is 20.6 Å². The van der Waals surface area contributed by atoms with E-state index in [4.69, 9.17) is 11.6 Å². The van der Waals surface area contributed by atoms with E-state index in [0.29, 0.717) is 23.5 Å². The molecule has 1 aromatic rings. The molecule has 18 heavy (non-hydrogen) atoms. The van der Waals surface area contributed by atoms with Crippen LogP contribution in [0.2, 0.25) is 5.02 Å². The summed E-state index contributed by atoms with van der Waals surface area (Å²) in [4.78, 5) is 2.16. The molecule has 0 saturated carbocycles. The monoisotopic (exact) mass is 272 g/mol. The van der Waals surface area contributed by atoms with Crippen molar-refractivity contribution in [3.8, 4) is 0 Å². The van der Waals surface area contributed by atoms with Crippen LogP contribution < -0.4 is 5.32 Å². The van der Waals surface area contributed by atoms with Gasteiger partial charge in [-0.25, -0.2) is 4.39 Å². The van der Waals surface area contributed by atoms with Crippen molar-refractivity contribution in [2.45, 2.75) is 26.4 Å². The van der Waals surface area contributed by atoms with E-state index in [9.17, 15) is 4.39 Å². The number of nitrogens with zero attached hydrogens (tertiary/aromatic N) is 1. The van der Waals surface area contributed by atoms with E-state index in [0.717, 1.165) is 12.1 Å². The van der Waals surface area contributed by atoms with Crippen LogP contribution in [0.25, 0.3) is 0 Å². The first-order valence-electron chi connectivity index (χ1n) is 6.22. The molecule has 102 valence electrons. The molecule has 0 bridgehead atoms. The lowest BCUT2D eigenvalue weighted by Gasteiger charge is -2.26. The third-order valence-electron chi connectivity index (χ3n) is 2.94. The lowest BCUT2D eigenvalue weighted by molar-refractivity contribution is 0.288. The maximum atomic E-state index is 12.9. The molecular weight excluding hydrogens is 251 g/mol. The summed E-state index contributed by atoms with van der Waals surface area (Å²) in [5, 5.41) is 3.96. The Morgan fingerprint density at radius 1 is 1.33 bits per heavy atom. The highest BCUT2D eigenvalue weighted by atomic mass is 35.5. The van der Waals surface area contributed by atoms with E-state index in [-0.39, 0.29) is 5.82 Å². The second kappa shape index (κ2) is 7.07. The first-order valence-corrected chi connectivity index (χ1v) is 6.60. The molecule has 1 N–H and O–H groups in total. The fourth-order valence-corrected chi connectivity index (χ4v) is 2.04. The standard InChI is InChI=1S/C14H22ClFN2/c1-10(2)14(9-18(3)4)17-8-11-5-6-12(16)7-13(11)15/h5-7,10,14,17H,8-9H2,1-4H3. The Hall–Kier alpha value is -0.640. The maximum absolute atomic E-state index is 12.9. The summed E-state index contributed by atoms with van der Waals surface area (Å²) in [6.45, 7) is 6.01. The topological polar surface area (TPSA) is 15.3 Å². The summed E-state index contributed by atoms with van der Waals surface area (Å²) in [5.74, 6) is 0.240. The van der Waals surface area contributed by atoms with E-state index in [2.05, 4.69) is 38.2 Å². The third-order valence-corrected chi connectivity index (χ3v) is 3.29. The van der Waals surface area contributed by atoms with E-state index in [1.807, 2.05) is 0 Å². The van der Waals surface area contributed by atoms with Crippen LogP contribution in [0.3, 0.4) is 0 Å². The van der Waals surface area contributed by atoms with Gasteiger partial charge in [-0.15, -0.1) is 0 Å². The lowest BCUT2D eigenvalue weighted by atomic mass is 10.0. The minimum Gasteiger partial charge on any atom is -0.308 e. The molecule has 0 fully saturated rings. The van der Waals surface area contributed by atoms with Crippen molar-refractivity contribution < 1.29 is 4.39 Å². The molecule has 0 saturated heterocycles. The normalized spacial score (nSPS) is 13.3. The highest BCUT2D eigenvalue weighted by molar-refractivity contribution is 6.31. The predicted octanol–water partition coefficient (Wildman–Crippen LogP) is 3.15. The molecule has 0 aliphatic heterocycles. The second-order valence-electron chi connectivity index (χ2n) is 5.23. The zero-order valence-electron chi connectivity index (χ0n) is 11.5. The van der Waals surface area contributed by atoms with Gasteiger partial charge in [-0.1, -0.05) is 31.5 Å². The zero-order valence-corrected chi connectivity index (χ0v) is 12.3. The number of hydrogen-bond acceptors (Lipinski definition) is 2. The fraction of sp³-hybridized carbons (Fsp3) is 0.571. The van der Waals surface area contributed by atoms with Gasteiger partial charge in [-0.05, 0) is 37.7 Å². The molecule has 0 amide bonds. The Bertz CT molecular complexity index is 380. The Balaban J connectivity index is 2.61. The van der Waals surface area contributed by atoms with Crippen molar-refractivity contribution >= 4 is 11.6 Å². The van der Waals surface area contributed by atoms with Gasteiger partial charge in [0.1, 0.15) is 5.82 Å². The predicted molar refractivity (Wildman–Crippen MR) is 75.4 cm³/mol. The number of benzene rings is 1. The van der Waals surface area contributed by atoms with Gasteiger partial charge in [-0.3, -0.25) is 0 Å². The summed E-state index contributed by atoms with van der Waals surface area (Å²) < 4.78 is 12.9. The molecular formula is C14H22ClFN2. The van der Waals surface area contributed by atoms with Crippen LogP contribution >= 0.6 is 11.6 Å². The van der Waals surface area contributed by atoms with Crippen molar-refractivity contribution in [3.63, 3.8) is 0 Å². The van der Waals surface area contributed by atoms with Gasteiger partial charge in [-0.2, -0.15) is 0 Å². The molecule has 4 heteroatoms. The molecule has 2 nitrogen and oxygen atoms in total. The Kier molecular flexibility index (Phi) is 6.06. The molecule has 0 aliphatic rings.